The van der Waals surface area contributed by atoms with Crippen LogP contribution in [0, 0.1) is 17.1 Å². The summed E-state index contributed by atoms with van der Waals surface area (Å²) >= 11 is 0. The van der Waals surface area contributed by atoms with E-state index in [0.29, 0.717) is 11.7 Å². The summed E-state index contributed by atoms with van der Waals surface area (Å²) in [6.45, 7) is 5.14. The summed E-state index contributed by atoms with van der Waals surface area (Å²) in [4.78, 5) is 22.0. The van der Waals surface area contributed by atoms with Gasteiger partial charge >= 0.3 is 0 Å². The average molecular weight is 536 g/mol. The van der Waals surface area contributed by atoms with Gasteiger partial charge in [0.15, 0.2) is 0 Å². The number of aromatic amines is 1. The van der Waals surface area contributed by atoms with Crippen molar-refractivity contribution < 1.29 is 4.39 Å². The molecule has 0 amide bonds. The third-order valence-electron chi connectivity index (χ3n) is 8.00. The van der Waals surface area contributed by atoms with Gasteiger partial charge in [-0.2, -0.15) is 0 Å². The number of benzene rings is 1. The van der Waals surface area contributed by atoms with Gasteiger partial charge in [0, 0.05) is 19.6 Å². The molecule has 2 fully saturated rings. The zero-order valence-corrected chi connectivity index (χ0v) is 22.7. The fourth-order valence-electron chi connectivity index (χ4n) is 5.76. The van der Waals surface area contributed by atoms with E-state index < -0.39 is 0 Å². The third-order valence-corrected chi connectivity index (χ3v) is 8.00. The Hall–Kier alpha value is -4.33. The molecule has 0 unspecified atom stereocenters. The number of anilines is 1. The molecule has 2 atom stereocenters. The number of hydrogen-bond acceptors (Lipinski definition) is 5. The summed E-state index contributed by atoms with van der Waals surface area (Å²) in [6, 6.07) is 18.8. The van der Waals surface area contributed by atoms with Gasteiger partial charge in [0.1, 0.15) is 23.3 Å². The number of amidine groups is 1. The summed E-state index contributed by atoms with van der Waals surface area (Å²) in [7, 11) is 0. The number of rotatable bonds is 7. The predicted octanol–water partition coefficient (Wildman–Crippen LogP) is 6.74. The normalized spacial score (nSPS) is 19.1. The SMILES string of the molecule is CC[C@@H]1CCN(c2cccc(-c3cccc(-c4cnc(/C=C\C(=N)N5CCC[C@@H]5c5cccc(F)c5)[nH]4)n3)n2)C1. The second-order valence-corrected chi connectivity index (χ2v) is 10.6. The maximum atomic E-state index is 13.8. The fraction of sp³-hybridized carbons (Fsp3) is 0.312. The maximum absolute atomic E-state index is 13.8. The number of pyridine rings is 2. The first-order valence-electron chi connectivity index (χ1n) is 14.1. The van der Waals surface area contributed by atoms with E-state index in [9.17, 15) is 4.39 Å². The Labute approximate surface area is 234 Å². The molecular weight excluding hydrogens is 501 g/mol. The smallest absolute Gasteiger partial charge is 0.130 e. The molecule has 2 aliphatic rings. The highest BCUT2D eigenvalue weighted by Gasteiger charge is 2.27. The van der Waals surface area contributed by atoms with E-state index in [1.54, 1.807) is 30.5 Å². The molecule has 2 N–H and O–H groups in total. The molecule has 2 saturated heterocycles. The molecule has 4 aromatic rings. The van der Waals surface area contributed by atoms with Crippen molar-refractivity contribution >= 4 is 17.7 Å². The molecule has 0 bridgehead atoms. The lowest BCUT2D eigenvalue weighted by molar-refractivity contribution is 0.399. The molecule has 40 heavy (non-hydrogen) atoms. The van der Waals surface area contributed by atoms with Crippen LogP contribution in [0.2, 0.25) is 0 Å². The average Bonchev–Trinajstić information content (AvgIpc) is 3.77. The molecule has 6 rings (SSSR count). The van der Waals surface area contributed by atoms with E-state index in [1.807, 2.05) is 35.2 Å². The molecule has 3 aromatic heterocycles. The zero-order valence-electron chi connectivity index (χ0n) is 22.7. The van der Waals surface area contributed by atoms with Crippen molar-refractivity contribution in [2.75, 3.05) is 24.5 Å². The van der Waals surface area contributed by atoms with E-state index in [-0.39, 0.29) is 11.9 Å². The van der Waals surface area contributed by atoms with E-state index in [1.165, 1.54) is 18.9 Å². The molecule has 1 aromatic carbocycles. The molecule has 8 heteroatoms. The lowest BCUT2D eigenvalue weighted by Gasteiger charge is -2.26. The summed E-state index contributed by atoms with van der Waals surface area (Å²) in [5, 5.41) is 8.65. The van der Waals surface area contributed by atoms with Crippen molar-refractivity contribution in [2.24, 2.45) is 5.92 Å². The van der Waals surface area contributed by atoms with E-state index in [4.69, 9.17) is 15.4 Å². The first-order valence-corrected chi connectivity index (χ1v) is 14.1. The van der Waals surface area contributed by atoms with Crippen molar-refractivity contribution in [3.05, 3.63) is 90.1 Å². The Bertz CT molecular complexity index is 1530. The molecule has 2 aliphatic heterocycles. The minimum Gasteiger partial charge on any atom is -0.356 e. The molecule has 0 radical (unpaired) electrons. The van der Waals surface area contributed by atoms with Gasteiger partial charge in [-0.05, 0) is 79.3 Å². The van der Waals surface area contributed by atoms with Crippen LogP contribution in [0.4, 0.5) is 10.2 Å². The molecule has 0 aliphatic carbocycles. The fourth-order valence-corrected chi connectivity index (χ4v) is 5.76. The van der Waals surface area contributed by atoms with Gasteiger partial charge in [0.2, 0.25) is 0 Å². The molecule has 5 heterocycles. The molecule has 7 nitrogen and oxygen atoms in total. The second kappa shape index (κ2) is 11.4. The monoisotopic (exact) mass is 535 g/mol. The van der Waals surface area contributed by atoms with Gasteiger partial charge in [-0.25, -0.2) is 19.3 Å². The van der Waals surface area contributed by atoms with Gasteiger partial charge in [-0.3, -0.25) is 5.41 Å². The summed E-state index contributed by atoms with van der Waals surface area (Å²) in [5.41, 5.74) is 4.16. The molecular formula is C32H34FN7. The minimum absolute atomic E-state index is 0.0117. The molecule has 204 valence electrons. The summed E-state index contributed by atoms with van der Waals surface area (Å²) in [6.07, 6.45) is 9.62. The number of aromatic nitrogens is 4. The van der Waals surface area contributed by atoms with Crippen molar-refractivity contribution in [1.82, 2.24) is 24.8 Å². The molecule has 0 spiro atoms. The van der Waals surface area contributed by atoms with Crippen LogP contribution < -0.4 is 4.90 Å². The highest BCUT2D eigenvalue weighted by Crippen LogP contribution is 2.32. The Kier molecular flexibility index (Phi) is 7.40. The zero-order chi connectivity index (χ0) is 27.5. The van der Waals surface area contributed by atoms with Gasteiger partial charge < -0.3 is 14.8 Å². The molecule has 0 saturated carbocycles. The van der Waals surface area contributed by atoms with Crippen molar-refractivity contribution in [1.29, 1.82) is 5.41 Å². The van der Waals surface area contributed by atoms with E-state index in [2.05, 4.69) is 33.9 Å². The maximum Gasteiger partial charge on any atom is 0.130 e. The minimum atomic E-state index is -0.243. The standard InChI is InChI=1S/C32H34FN7/c1-2-22-16-18-39(21-22)32-13-5-11-26(38-32)25-9-4-10-27(36-25)28-20-35-31(37-28)15-14-30(34)40-17-6-12-29(40)23-7-3-8-24(33)19-23/h3-5,7-11,13-15,19-20,22,29,34H,2,6,12,16-18,21H2,1H3,(H,35,37)/b15-14-,34-30?/t22-,29-/m1/s1. The van der Waals surface area contributed by atoms with Gasteiger partial charge in [-0.1, -0.05) is 37.6 Å². The number of likely N-dealkylation sites (tertiary alicyclic amines) is 1. The van der Waals surface area contributed by atoms with E-state index in [0.717, 1.165) is 72.6 Å². The van der Waals surface area contributed by atoms with Crippen LogP contribution in [0.3, 0.4) is 0 Å². The Morgan fingerprint density at radius 2 is 1.82 bits per heavy atom. The lowest BCUT2D eigenvalue weighted by atomic mass is 10.0. The van der Waals surface area contributed by atoms with Gasteiger partial charge in [0.05, 0.1) is 35.0 Å². The highest BCUT2D eigenvalue weighted by molar-refractivity contribution is 5.94. The predicted molar refractivity (Wildman–Crippen MR) is 158 cm³/mol. The Morgan fingerprint density at radius 1 is 1.02 bits per heavy atom. The van der Waals surface area contributed by atoms with Gasteiger partial charge in [0.25, 0.3) is 0 Å². The Balaban J connectivity index is 1.15. The van der Waals surface area contributed by atoms with Crippen LogP contribution >= 0.6 is 0 Å². The quantitative estimate of drug-likeness (QED) is 0.202. The number of imidazole rings is 1. The van der Waals surface area contributed by atoms with Crippen LogP contribution in [0.1, 0.15) is 50.0 Å². The topological polar surface area (TPSA) is 84.8 Å². The van der Waals surface area contributed by atoms with Crippen LogP contribution in [0.15, 0.2) is 72.9 Å². The van der Waals surface area contributed by atoms with Crippen molar-refractivity contribution in [3.8, 4) is 22.8 Å². The first kappa shape index (κ1) is 25.9. The van der Waals surface area contributed by atoms with Crippen LogP contribution in [0.5, 0.6) is 0 Å². The Morgan fingerprint density at radius 3 is 2.65 bits per heavy atom. The van der Waals surface area contributed by atoms with Crippen LogP contribution in [-0.2, 0) is 0 Å². The first-order chi connectivity index (χ1) is 19.6. The second-order valence-electron chi connectivity index (χ2n) is 10.6. The lowest BCUT2D eigenvalue weighted by Crippen LogP contribution is -2.28. The number of nitrogens with one attached hydrogen (secondary N) is 2. The number of nitrogens with zero attached hydrogens (tertiary/aromatic N) is 5. The van der Waals surface area contributed by atoms with Crippen LogP contribution in [-0.4, -0.2) is 50.3 Å². The summed E-state index contributed by atoms with van der Waals surface area (Å²) < 4.78 is 13.8. The van der Waals surface area contributed by atoms with E-state index >= 15 is 0 Å². The number of halogens is 1. The van der Waals surface area contributed by atoms with Crippen molar-refractivity contribution in [3.63, 3.8) is 0 Å². The third kappa shape index (κ3) is 5.52. The highest BCUT2D eigenvalue weighted by atomic mass is 19.1. The van der Waals surface area contributed by atoms with Crippen LogP contribution in [0.25, 0.3) is 28.9 Å². The summed E-state index contributed by atoms with van der Waals surface area (Å²) in [5.74, 6) is 2.54. The largest absolute Gasteiger partial charge is 0.356 e. The number of hydrogen-bond donors (Lipinski definition) is 2. The van der Waals surface area contributed by atoms with Crippen molar-refractivity contribution in [2.45, 2.75) is 38.6 Å². The number of H-pyrrole nitrogens is 1. The van der Waals surface area contributed by atoms with Gasteiger partial charge in [-0.15, -0.1) is 0 Å².